The highest BCUT2D eigenvalue weighted by atomic mass is 16.5. The maximum atomic E-state index is 13.6. The summed E-state index contributed by atoms with van der Waals surface area (Å²) in [6.07, 6.45) is 0.740. The van der Waals surface area contributed by atoms with Crippen LogP contribution >= 0.6 is 0 Å². The monoisotopic (exact) mass is 468 g/mol. The summed E-state index contributed by atoms with van der Waals surface area (Å²) in [5.41, 5.74) is 4.10. The summed E-state index contributed by atoms with van der Waals surface area (Å²) >= 11 is 0. The molecule has 0 saturated carbocycles. The minimum Gasteiger partial charge on any atom is -0.477 e. The molecule has 5 rings (SSSR count). The van der Waals surface area contributed by atoms with E-state index in [-0.39, 0.29) is 18.4 Å². The zero-order chi connectivity index (χ0) is 24.4. The molecule has 7 nitrogen and oxygen atoms in total. The van der Waals surface area contributed by atoms with E-state index in [2.05, 4.69) is 17.2 Å². The van der Waals surface area contributed by atoms with Gasteiger partial charge >= 0.3 is 0 Å². The van der Waals surface area contributed by atoms with Gasteiger partial charge in [-0.2, -0.15) is 0 Å². The number of aromatic nitrogens is 2. The minimum atomic E-state index is -0.796. The van der Waals surface area contributed by atoms with E-state index in [0.717, 1.165) is 35.3 Å². The second kappa shape index (κ2) is 9.62. The summed E-state index contributed by atoms with van der Waals surface area (Å²) in [7, 11) is 1.98. The Morgan fingerprint density at radius 2 is 1.83 bits per heavy atom. The molecular formula is C28H28N4O3. The molecule has 0 spiro atoms. The molecule has 35 heavy (non-hydrogen) atoms. The van der Waals surface area contributed by atoms with Crippen molar-refractivity contribution in [3.05, 3.63) is 89.7 Å². The zero-order valence-corrected chi connectivity index (χ0v) is 19.9. The van der Waals surface area contributed by atoms with Crippen LogP contribution in [0.1, 0.15) is 28.7 Å². The molecule has 1 aliphatic heterocycles. The van der Waals surface area contributed by atoms with Crippen LogP contribution in [0.5, 0.6) is 5.75 Å². The third-order valence-corrected chi connectivity index (χ3v) is 6.40. The molecule has 0 bridgehead atoms. The molecule has 0 aliphatic carbocycles. The molecule has 1 aliphatic rings. The van der Waals surface area contributed by atoms with Gasteiger partial charge in [0.05, 0.1) is 23.3 Å². The number of carbonyl (C=O) groups is 2. The summed E-state index contributed by atoms with van der Waals surface area (Å²) in [6, 6.07) is 22.9. The maximum Gasteiger partial charge on any atom is 0.262 e. The molecule has 0 saturated heterocycles. The van der Waals surface area contributed by atoms with E-state index in [4.69, 9.17) is 4.74 Å². The van der Waals surface area contributed by atoms with Gasteiger partial charge in [0.1, 0.15) is 11.6 Å². The Labute approximate surface area is 204 Å². The zero-order valence-electron chi connectivity index (χ0n) is 19.9. The van der Waals surface area contributed by atoms with Crippen LogP contribution < -0.4 is 15.0 Å². The SMILES string of the molecule is CCc1nc2cc(C(=O)N3C[C@H](C(=O)NCCc4ccccc4)Oc4ccccc43)ccc2n1C. The van der Waals surface area contributed by atoms with Gasteiger partial charge in [0.25, 0.3) is 11.8 Å². The number of ether oxygens (including phenoxy) is 1. The van der Waals surface area contributed by atoms with Gasteiger partial charge in [-0.25, -0.2) is 4.98 Å². The highest BCUT2D eigenvalue weighted by Gasteiger charge is 2.34. The van der Waals surface area contributed by atoms with Crippen molar-refractivity contribution in [3.8, 4) is 5.75 Å². The lowest BCUT2D eigenvalue weighted by atomic mass is 10.1. The van der Waals surface area contributed by atoms with Gasteiger partial charge in [0.2, 0.25) is 0 Å². The fourth-order valence-corrected chi connectivity index (χ4v) is 4.51. The van der Waals surface area contributed by atoms with E-state index in [1.807, 2.05) is 78.3 Å². The first-order valence-electron chi connectivity index (χ1n) is 11.9. The summed E-state index contributed by atoms with van der Waals surface area (Å²) in [6.45, 7) is 2.69. The van der Waals surface area contributed by atoms with Crippen LogP contribution in [0.3, 0.4) is 0 Å². The lowest BCUT2D eigenvalue weighted by Gasteiger charge is -2.34. The lowest BCUT2D eigenvalue weighted by Crippen LogP contribution is -2.51. The van der Waals surface area contributed by atoms with Gasteiger partial charge < -0.3 is 19.5 Å². The predicted molar refractivity (Wildman–Crippen MR) is 136 cm³/mol. The number of fused-ring (bicyclic) bond motifs is 2. The molecule has 2 amide bonds. The van der Waals surface area contributed by atoms with Crippen molar-refractivity contribution in [2.45, 2.75) is 25.9 Å². The van der Waals surface area contributed by atoms with Crippen molar-refractivity contribution in [1.29, 1.82) is 0 Å². The topological polar surface area (TPSA) is 76.5 Å². The van der Waals surface area contributed by atoms with Crippen LogP contribution in [0.2, 0.25) is 0 Å². The van der Waals surface area contributed by atoms with Gasteiger partial charge in [0, 0.05) is 25.6 Å². The number of aryl methyl sites for hydroxylation is 2. The molecule has 1 N–H and O–H groups in total. The number of benzene rings is 3. The third kappa shape index (κ3) is 4.49. The Hall–Kier alpha value is -4.13. The molecule has 7 heteroatoms. The quantitative estimate of drug-likeness (QED) is 0.466. The third-order valence-electron chi connectivity index (χ3n) is 6.40. The fraction of sp³-hybridized carbons (Fsp3) is 0.250. The van der Waals surface area contributed by atoms with E-state index in [0.29, 0.717) is 23.5 Å². The highest BCUT2D eigenvalue weighted by molar-refractivity contribution is 6.09. The summed E-state index contributed by atoms with van der Waals surface area (Å²) in [4.78, 5) is 32.9. The summed E-state index contributed by atoms with van der Waals surface area (Å²) in [5.74, 6) is 1.06. The number of nitrogens with zero attached hydrogens (tertiary/aromatic N) is 3. The molecule has 1 atom stereocenters. The number of anilines is 1. The van der Waals surface area contributed by atoms with Crippen molar-refractivity contribution in [3.63, 3.8) is 0 Å². The van der Waals surface area contributed by atoms with Crippen molar-refractivity contribution >= 4 is 28.5 Å². The molecule has 0 unspecified atom stereocenters. The fourth-order valence-electron chi connectivity index (χ4n) is 4.51. The Morgan fingerprint density at radius 3 is 2.63 bits per heavy atom. The molecule has 0 radical (unpaired) electrons. The first kappa shape index (κ1) is 22.7. The van der Waals surface area contributed by atoms with Crippen LogP contribution in [-0.2, 0) is 24.7 Å². The number of nitrogens with one attached hydrogen (secondary N) is 1. The molecular weight excluding hydrogens is 440 g/mol. The number of hydrogen-bond donors (Lipinski definition) is 1. The van der Waals surface area contributed by atoms with E-state index < -0.39 is 6.10 Å². The van der Waals surface area contributed by atoms with Crippen LogP contribution in [0, 0.1) is 0 Å². The molecule has 178 valence electrons. The second-order valence-electron chi connectivity index (χ2n) is 8.66. The van der Waals surface area contributed by atoms with Crippen LogP contribution in [0.25, 0.3) is 11.0 Å². The number of imidazole rings is 1. The van der Waals surface area contributed by atoms with Crippen molar-refractivity contribution in [1.82, 2.24) is 14.9 Å². The minimum absolute atomic E-state index is 0.132. The molecule has 0 fully saturated rings. The molecule has 1 aromatic heterocycles. The van der Waals surface area contributed by atoms with E-state index in [1.165, 1.54) is 0 Å². The van der Waals surface area contributed by atoms with Gasteiger partial charge in [-0.3, -0.25) is 9.59 Å². The number of carbonyl (C=O) groups excluding carboxylic acids is 2. The Morgan fingerprint density at radius 1 is 1.06 bits per heavy atom. The number of para-hydroxylation sites is 2. The van der Waals surface area contributed by atoms with Crippen molar-refractivity contribution in [2.75, 3.05) is 18.0 Å². The number of rotatable bonds is 6. The molecule has 2 heterocycles. The van der Waals surface area contributed by atoms with E-state index in [9.17, 15) is 9.59 Å². The van der Waals surface area contributed by atoms with Gasteiger partial charge in [-0.05, 0) is 42.3 Å². The van der Waals surface area contributed by atoms with Crippen LogP contribution in [0.4, 0.5) is 5.69 Å². The van der Waals surface area contributed by atoms with Gasteiger partial charge in [-0.1, -0.05) is 49.4 Å². The van der Waals surface area contributed by atoms with Gasteiger partial charge in [-0.15, -0.1) is 0 Å². The Kier molecular flexibility index (Phi) is 6.23. The molecule has 4 aromatic rings. The Balaban J connectivity index is 1.36. The smallest absolute Gasteiger partial charge is 0.262 e. The van der Waals surface area contributed by atoms with Crippen LogP contribution in [-0.4, -0.2) is 40.6 Å². The van der Waals surface area contributed by atoms with Crippen LogP contribution in [0.15, 0.2) is 72.8 Å². The number of amides is 2. The standard InChI is InChI=1S/C28H28N4O3/c1-3-26-30-21-17-20(13-14-22(21)31(26)2)28(34)32-18-25(35-24-12-8-7-11-23(24)32)27(33)29-16-15-19-9-5-4-6-10-19/h4-14,17,25H,3,15-16,18H2,1-2H3,(H,29,33)/t25-/m1/s1. The maximum absolute atomic E-state index is 13.6. The lowest BCUT2D eigenvalue weighted by molar-refractivity contribution is -0.127. The van der Waals surface area contributed by atoms with E-state index in [1.54, 1.807) is 11.0 Å². The average molecular weight is 469 g/mol. The average Bonchev–Trinajstić information content (AvgIpc) is 3.22. The summed E-state index contributed by atoms with van der Waals surface area (Å²) < 4.78 is 8.04. The molecule has 3 aromatic carbocycles. The summed E-state index contributed by atoms with van der Waals surface area (Å²) in [5, 5.41) is 2.96. The largest absolute Gasteiger partial charge is 0.477 e. The highest BCUT2D eigenvalue weighted by Crippen LogP contribution is 2.34. The van der Waals surface area contributed by atoms with Crippen molar-refractivity contribution in [2.24, 2.45) is 7.05 Å². The normalized spacial score (nSPS) is 14.9. The van der Waals surface area contributed by atoms with E-state index >= 15 is 0 Å². The van der Waals surface area contributed by atoms with Crippen molar-refractivity contribution < 1.29 is 14.3 Å². The van der Waals surface area contributed by atoms with Gasteiger partial charge in [0.15, 0.2) is 6.10 Å². The Bertz CT molecular complexity index is 1380. The first-order valence-corrected chi connectivity index (χ1v) is 11.9. The predicted octanol–water partition coefficient (Wildman–Crippen LogP) is 3.90. The number of hydrogen-bond acceptors (Lipinski definition) is 4. The first-order chi connectivity index (χ1) is 17.0. The second-order valence-corrected chi connectivity index (χ2v) is 8.66.